The maximum Gasteiger partial charge on any atom is 0.325 e. The lowest BCUT2D eigenvalue weighted by Crippen LogP contribution is -2.39. The van der Waals surface area contributed by atoms with Gasteiger partial charge in [0.2, 0.25) is 5.91 Å². The van der Waals surface area contributed by atoms with Crippen molar-refractivity contribution in [1.82, 2.24) is 10.6 Å². The van der Waals surface area contributed by atoms with Gasteiger partial charge in [0.25, 0.3) is 5.91 Å². The van der Waals surface area contributed by atoms with E-state index >= 15 is 0 Å². The Labute approximate surface area is 131 Å². The molecule has 2 rings (SSSR count). The lowest BCUT2D eigenvalue weighted by atomic mass is 10.2. The number of fused-ring (bicyclic) bond motifs is 1. The Hall–Kier alpha value is -2.41. The van der Waals surface area contributed by atoms with Crippen LogP contribution in [0.2, 0.25) is 0 Å². The van der Waals surface area contributed by atoms with Gasteiger partial charge in [0.15, 0.2) is 0 Å². The zero-order chi connectivity index (χ0) is 15.9. The van der Waals surface area contributed by atoms with Crippen LogP contribution in [0.1, 0.15) is 16.6 Å². The molecule has 0 aliphatic carbocycles. The van der Waals surface area contributed by atoms with Crippen LogP contribution in [0.15, 0.2) is 30.3 Å². The minimum absolute atomic E-state index is 0.188. The van der Waals surface area contributed by atoms with Gasteiger partial charge in [-0.05, 0) is 24.4 Å². The van der Waals surface area contributed by atoms with Crippen molar-refractivity contribution < 1.29 is 19.1 Å². The van der Waals surface area contributed by atoms with E-state index in [-0.39, 0.29) is 25.6 Å². The zero-order valence-corrected chi connectivity index (χ0v) is 12.9. The molecule has 0 radical (unpaired) electrons. The molecule has 0 atom stereocenters. The summed E-state index contributed by atoms with van der Waals surface area (Å²) in [4.78, 5) is 35.1. The Kier molecular flexibility index (Phi) is 5.48. The second-order valence-corrected chi connectivity index (χ2v) is 5.50. The molecule has 1 aromatic carbocycles. The van der Waals surface area contributed by atoms with Gasteiger partial charge < -0.3 is 15.4 Å². The monoisotopic (exact) mass is 320 g/mol. The number of ether oxygens (including phenoxy) is 1. The quantitative estimate of drug-likeness (QED) is 0.786. The normalized spacial score (nSPS) is 10.2. The van der Waals surface area contributed by atoms with Gasteiger partial charge in [-0.25, -0.2) is 0 Å². The topological polar surface area (TPSA) is 84.5 Å². The largest absolute Gasteiger partial charge is 0.465 e. The number of carbonyl (C=O) groups is 3. The number of esters is 1. The molecular weight excluding hydrogens is 304 g/mol. The van der Waals surface area contributed by atoms with Crippen LogP contribution in [0.25, 0.3) is 10.1 Å². The molecule has 0 fully saturated rings. The van der Waals surface area contributed by atoms with E-state index in [4.69, 9.17) is 0 Å². The van der Waals surface area contributed by atoms with Gasteiger partial charge in [0, 0.05) is 4.70 Å². The number of amides is 2. The first-order valence-corrected chi connectivity index (χ1v) is 7.61. The van der Waals surface area contributed by atoms with E-state index in [2.05, 4.69) is 15.4 Å². The summed E-state index contributed by atoms with van der Waals surface area (Å²) in [5, 5.41) is 5.89. The summed E-state index contributed by atoms with van der Waals surface area (Å²) in [6.45, 7) is 1.56. The summed E-state index contributed by atoms with van der Waals surface area (Å²) in [5.41, 5.74) is 0. The van der Waals surface area contributed by atoms with E-state index in [9.17, 15) is 14.4 Å². The summed E-state index contributed by atoms with van der Waals surface area (Å²) in [5.74, 6) is -1.26. The summed E-state index contributed by atoms with van der Waals surface area (Å²) < 4.78 is 5.69. The standard InChI is InChI=1S/C15H16N2O4S/c1-2-21-14(19)9-16-13(18)8-17-15(20)12-7-10-5-3-4-6-11(10)22-12/h3-7H,2,8-9H2,1H3,(H,16,18)(H,17,20). The second kappa shape index (κ2) is 7.56. The van der Waals surface area contributed by atoms with Crippen LogP contribution in [-0.2, 0) is 14.3 Å². The fourth-order valence-corrected chi connectivity index (χ4v) is 2.77. The Bertz CT molecular complexity index is 663. The van der Waals surface area contributed by atoms with Gasteiger partial charge in [0.05, 0.1) is 18.0 Å². The molecule has 7 heteroatoms. The highest BCUT2D eigenvalue weighted by molar-refractivity contribution is 7.20. The fourth-order valence-electron chi connectivity index (χ4n) is 1.79. The van der Waals surface area contributed by atoms with Crippen molar-refractivity contribution in [2.45, 2.75) is 6.92 Å². The molecule has 6 nitrogen and oxygen atoms in total. The molecule has 0 saturated heterocycles. The van der Waals surface area contributed by atoms with E-state index in [1.807, 2.05) is 24.3 Å². The van der Waals surface area contributed by atoms with Crippen molar-refractivity contribution in [2.24, 2.45) is 0 Å². The lowest BCUT2D eigenvalue weighted by molar-refractivity contribution is -0.143. The molecule has 1 aromatic heterocycles. The molecule has 0 unspecified atom stereocenters. The van der Waals surface area contributed by atoms with E-state index in [0.717, 1.165) is 10.1 Å². The van der Waals surface area contributed by atoms with Crippen LogP contribution in [0.3, 0.4) is 0 Å². The maximum absolute atomic E-state index is 12.0. The van der Waals surface area contributed by atoms with Crippen molar-refractivity contribution in [3.05, 3.63) is 35.2 Å². The second-order valence-electron chi connectivity index (χ2n) is 4.41. The van der Waals surface area contributed by atoms with E-state index in [1.54, 1.807) is 13.0 Å². The number of thiophene rings is 1. The van der Waals surface area contributed by atoms with Gasteiger partial charge in [-0.3, -0.25) is 14.4 Å². The fraction of sp³-hybridized carbons (Fsp3) is 0.267. The van der Waals surface area contributed by atoms with Crippen molar-refractivity contribution in [3.63, 3.8) is 0 Å². The third-order valence-corrected chi connectivity index (χ3v) is 3.91. The predicted octanol–water partition coefficient (Wildman–Crippen LogP) is 1.31. The smallest absolute Gasteiger partial charge is 0.325 e. The van der Waals surface area contributed by atoms with Crippen molar-refractivity contribution in [2.75, 3.05) is 19.7 Å². The molecule has 2 N–H and O–H groups in total. The number of carbonyl (C=O) groups excluding carboxylic acids is 3. The molecule has 0 saturated carbocycles. The Morgan fingerprint density at radius 1 is 1.14 bits per heavy atom. The highest BCUT2D eigenvalue weighted by Gasteiger charge is 2.12. The summed E-state index contributed by atoms with van der Waals surface area (Å²) >= 11 is 1.36. The molecule has 1 heterocycles. The van der Waals surface area contributed by atoms with Gasteiger partial charge in [-0.2, -0.15) is 0 Å². The molecule has 0 bridgehead atoms. The Balaban J connectivity index is 1.82. The SMILES string of the molecule is CCOC(=O)CNC(=O)CNC(=O)c1cc2ccccc2s1. The number of hydrogen-bond acceptors (Lipinski definition) is 5. The van der Waals surface area contributed by atoms with E-state index in [1.165, 1.54) is 11.3 Å². The molecule has 0 aliphatic heterocycles. The molecule has 0 aliphatic rings. The van der Waals surface area contributed by atoms with Gasteiger partial charge in [0.1, 0.15) is 6.54 Å². The third kappa shape index (κ3) is 4.29. The van der Waals surface area contributed by atoms with Gasteiger partial charge in [-0.1, -0.05) is 18.2 Å². The number of nitrogens with one attached hydrogen (secondary N) is 2. The van der Waals surface area contributed by atoms with Gasteiger partial charge >= 0.3 is 5.97 Å². The molecule has 22 heavy (non-hydrogen) atoms. The Morgan fingerprint density at radius 3 is 2.64 bits per heavy atom. The van der Waals surface area contributed by atoms with E-state index < -0.39 is 11.9 Å². The first kappa shape index (κ1) is 16.0. The zero-order valence-electron chi connectivity index (χ0n) is 12.0. The van der Waals surface area contributed by atoms with Crippen LogP contribution < -0.4 is 10.6 Å². The summed E-state index contributed by atoms with van der Waals surface area (Å²) in [6.07, 6.45) is 0. The average molecular weight is 320 g/mol. The summed E-state index contributed by atoms with van der Waals surface area (Å²) in [6, 6.07) is 9.45. The molecular formula is C15H16N2O4S. The first-order chi connectivity index (χ1) is 10.6. The maximum atomic E-state index is 12.0. The van der Waals surface area contributed by atoms with Crippen LogP contribution in [0.4, 0.5) is 0 Å². The average Bonchev–Trinajstić information content (AvgIpc) is 2.95. The van der Waals surface area contributed by atoms with Crippen molar-refractivity contribution in [1.29, 1.82) is 0 Å². The highest BCUT2D eigenvalue weighted by atomic mass is 32.1. The predicted molar refractivity (Wildman–Crippen MR) is 83.8 cm³/mol. The minimum atomic E-state index is -0.508. The lowest BCUT2D eigenvalue weighted by Gasteiger charge is -2.05. The third-order valence-electron chi connectivity index (χ3n) is 2.79. The van der Waals surface area contributed by atoms with Crippen molar-refractivity contribution >= 4 is 39.2 Å². The van der Waals surface area contributed by atoms with Crippen LogP contribution in [0.5, 0.6) is 0 Å². The molecule has 116 valence electrons. The van der Waals surface area contributed by atoms with Crippen molar-refractivity contribution in [3.8, 4) is 0 Å². The summed E-state index contributed by atoms with van der Waals surface area (Å²) in [7, 11) is 0. The van der Waals surface area contributed by atoms with Crippen LogP contribution in [-0.4, -0.2) is 37.5 Å². The molecule has 2 amide bonds. The number of hydrogen-bond donors (Lipinski definition) is 2. The van der Waals surface area contributed by atoms with Crippen LogP contribution in [0, 0.1) is 0 Å². The van der Waals surface area contributed by atoms with Crippen LogP contribution >= 0.6 is 11.3 Å². The molecule has 2 aromatic rings. The molecule has 0 spiro atoms. The first-order valence-electron chi connectivity index (χ1n) is 6.79. The Morgan fingerprint density at radius 2 is 1.91 bits per heavy atom. The number of benzene rings is 1. The highest BCUT2D eigenvalue weighted by Crippen LogP contribution is 2.24. The number of rotatable bonds is 6. The van der Waals surface area contributed by atoms with E-state index in [0.29, 0.717) is 4.88 Å². The van der Waals surface area contributed by atoms with Gasteiger partial charge in [-0.15, -0.1) is 11.3 Å². The minimum Gasteiger partial charge on any atom is -0.465 e.